The monoisotopic (exact) mass is 498 g/mol. The first kappa shape index (κ1) is 25.0. The molecular formula is C31H31FN2O3. The van der Waals surface area contributed by atoms with Crippen molar-refractivity contribution in [1.82, 2.24) is 4.90 Å². The average Bonchev–Trinajstić information content (AvgIpc) is 3.35. The largest absolute Gasteiger partial charge is 0.489 e. The van der Waals surface area contributed by atoms with E-state index in [9.17, 15) is 19.6 Å². The molecule has 4 atom stereocenters. The minimum Gasteiger partial charge on any atom is -0.489 e. The Morgan fingerprint density at radius 3 is 2.57 bits per heavy atom. The highest BCUT2D eigenvalue weighted by molar-refractivity contribution is 5.80. The molecule has 0 bridgehead atoms. The molecule has 190 valence electrons. The van der Waals surface area contributed by atoms with E-state index in [2.05, 4.69) is 6.07 Å². The van der Waals surface area contributed by atoms with Crippen molar-refractivity contribution in [1.29, 1.82) is 5.26 Å². The number of benzene rings is 3. The lowest BCUT2D eigenvalue weighted by atomic mass is 9.63. The van der Waals surface area contributed by atoms with Crippen LogP contribution in [0.4, 0.5) is 4.39 Å². The van der Waals surface area contributed by atoms with Crippen molar-refractivity contribution in [2.45, 2.75) is 37.9 Å². The zero-order chi connectivity index (χ0) is 25.8. The highest BCUT2D eigenvalue weighted by atomic mass is 19.1. The Morgan fingerprint density at radius 2 is 1.78 bits per heavy atom. The molecule has 0 aromatic heterocycles. The second-order valence-corrected chi connectivity index (χ2v) is 10.3. The van der Waals surface area contributed by atoms with Crippen LogP contribution in [0.15, 0.2) is 78.9 Å². The number of amides is 1. The van der Waals surface area contributed by atoms with Crippen molar-refractivity contribution >= 4 is 5.91 Å². The lowest BCUT2D eigenvalue weighted by Crippen LogP contribution is -2.46. The number of halogens is 1. The second-order valence-electron chi connectivity index (χ2n) is 10.3. The molecule has 2 fully saturated rings. The Bertz CT molecular complexity index is 1290. The van der Waals surface area contributed by atoms with Gasteiger partial charge in [0.1, 0.15) is 18.2 Å². The molecular weight excluding hydrogens is 467 g/mol. The van der Waals surface area contributed by atoms with E-state index in [0.29, 0.717) is 38.3 Å². The van der Waals surface area contributed by atoms with E-state index in [4.69, 9.17) is 4.74 Å². The smallest absolute Gasteiger partial charge is 0.227 e. The summed E-state index contributed by atoms with van der Waals surface area (Å²) in [6, 6.07) is 26.0. The van der Waals surface area contributed by atoms with Crippen molar-refractivity contribution in [3.63, 3.8) is 0 Å². The van der Waals surface area contributed by atoms with Crippen LogP contribution in [0.2, 0.25) is 0 Å². The molecule has 1 heterocycles. The standard InChI is InChI=1S/C31H31FN2O3/c32-28-12-6-5-11-26(28)31(36)18-23(14-15-33)16-25-19-34(20-27(25)31)30(35)17-24-10-4-7-13-29(24)37-21-22-8-2-1-3-9-22/h1-13,23,25,27,36H,14,16-21H2. The number of para-hydroxylation sites is 1. The van der Waals surface area contributed by atoms with Gasteiger partial charge in [-0.3, -0.25) is 4.79 Å². The van der Waals surface area contributed by atoms with Crippen LogP contribution < -0.4 is 4.74 Å². The van der Waals surface area contributed by atoms with Gasteiger partial charge in [0, 0.05) is 36.6 Å². The van der Waals surface area contributed by atoms with Gasteiger partial charge in [0.15, 0.2) is 0 Å². The number of nitrogens with zero attached hydrogens (tertiary/aromatic N) is 2. The van der Waals surface area contributed by atoms with Crippen LogP contribution in [-0.4, -0.2) is 29.0 Å². The number of likely N-dealkylation sites (tertiary alicyclic amines) is 1. The maximum atomic E-state index is 14.9. The number of hydrogen-bond donors (Lipinski definition) is 1. The van der Waals surface area contributed by atoms with Crippen LogP contribution >= 0.6 is 0 Å². The Morgan fingerprint density at radius 1 is 1.05 bits per heavy atom. The molecule has 4 unspecified atom stereocenters. The molecule has 1 N–H and O–H groups in total. The van der Waals surface area contributed by atoms with E-state index in [1.807, 2.05) is 54.6 Å². The van der Waals surface area contributed by atoms with Gasteiger partial charge in [-0.15, -0.1) is 0 Å². The predicted octanol–water partition coefficient (Wildman–Crippen LogP) is 5.23. The third kappa shape index (κ3) is 5.23. The molecule has 3 aromatic rings. The SMILES string of the molecule is N#CCC1CC2CN(C(=O)Cc3ccccc3OCc3ccccc3)CC2C(O)(c2ccccc2F)C1. The molecule has 0 radical (unpaired) electrons. The van der Waals surface area contributed by atoms with E-state index in [-0.39, 0.29) is 35.6 Å². The van der Waals surface area contributed by atoms with Gasteiger partial charge in [-0.05, 0) is 42.4 Å². The molecule has 1 saturated carbocycles. The number of hydrogen-bond acceptors (Lipinski definition) is 4. The second kappa shape index (κ2) is 10.7. The Hall–Kier alpha value is -3.69. The summed E-state index contributed by atoms with van der Waals surface area (Å²) in [6.45, 7) is 1.27. The van der Waals surface area contributed by atoms with Gasteiger partial charge in [-0.2, -0.15) is 5.26 Å². The zero-order valence-corrected chi connectivity index (χ0v) is 20.7. The molecule has 1 aliphatic heterocycles. The number of fused-ring (bicyclic) bond motifs is 1. The fourth-order valence-corrected chi connectivity index (χ4v) is 6.17. The third-order valence-corrected chi connectivity index (χ3v) is 7.91. The molecule has 1 amide bonds. The first-order valence-corrected chi connectivity index (χ1v) is 12.8. The topological polar surface area (TPSA) is 73.6 Å². The van der Waals surface area contributed by atoms with E-state index in [1.165, 1.54) is 6.07 Å². The number of carbonyl (C=O) groups excluding carboxylic acids is 1. The average molecular weight is 499 g/mol. The minimum absolute atomic E-state index is 0.00484. The van der Waals surface area contributed by atoms with Crippen molar-refractivity contribution in [3.8, 4) is 11.8 Å². The van der Waals surface area contributed by atoms with Gasteiger partial charge in [0.2, 0.25) is 5.91 Å². The van der Waals surface area contributed by atoms with Crippen molar-refractivity contribution in [2.75, 3.05) is 13.1 Å². The first-order valence-electron chi connectivity index (χ1n) is 12.8. The van der Waals surface area contributed by atoms with Gasteiger partial charge in [0.25, 0.3) is 0 Å². The predicted molar refractivity (Wildman–Crippen MR) is 138 cm³/mol. The van der Waals surface area contributed by atoms with Gasteiger partial charge in [0.05, 0.1) is 18.1 Å². The Kier molecular flexibility index (Phi) is 7.25. The molecule has 3 aromatic carbocycles. The summed E-state index contributed by atoms with van der Waals surface area (Å²) in [5.74, 6) is -0.141. The molecule has 1 aliphatic carbocycles. The number of nitriles is 1. The van der Waals surface area contributed by atoms with Crippen LogP contribution in [0.3, 0.4) is 0 Å². The summed E-state index contributed by atoms with van der Waals surface area (Å²) >= 11 is 0. The van der Waals surface area contributed by atoms with E-state index in [0.717, 1.165) is 17.5 Å². The fourth-order valence-electron chi connectivity index (χ4n) is 6.17. The number of ether oxygens (including phenoxy) is 1. The van der Waals surface area contributed by atoms with E-state index >= 15 is 0 Å². The lowest BCUT2D eigenvalue weighted by Gasteiger charge is -2.44. The Labute approximate surface area is 217 Å². The van der Waals surface area contributed by atoms with Crippen LogP contribution in [-0.2, 0) is 23.4 Å². The maximum Gasteiger partial charge on any atom is 0.227 e. The fraction of sp³-hybridized carbons (Fsp3) is 0.355. The van der Waals surface area contributed by atoms with Crippen molar-refractivity contribution in [2.24, 2.45) is 17.8 Å². The summed E-state index contributed by atoms with van der Waals surface area (Å²) < 4.78 is 20.9. The van der Waals surface area contributed by atoms with Gasteiger partial charge >= 0.3 is 0 Å². The number of aliphatic hydroxyl groups is 1. The summed E-state index contributed by atoms with van der Waals surface area (Å²) in [5, 5.41) is 21.2. The molecule has 6 heteroatoms. The third-order valence-electron chi connectivity index (χ3n) is 7.91. The van der Waals surface area contributed by atoms with Gasteiger partial charge in [-0.1, -0.05) is 66.7 Å². The molecule has 37 heavy (non-hydrogen) atoms. The summed E-state index contributed by atoms with van der Waals surface area (Å²) in [6.07, 6.45) is 1.56. The maximum absolute atomic E-state index is 14.9. The van der Waals surface area contributed by atoms with Crippen molar-refractivity contribution < 1.29 is 19.0 Å². The Balaban J connectivity index is 1.33. The summed E-state index contributed by atoms with van der Waals surface area (Å²) in [4.78, 5) is 15.3. The van der Waals surface area contributed by atoms with Crippen LogP contribution in [0.1, 0.15) is 36.0 Å². The summed E-state index contributed by atoms with van der Waals surface area (Å²) in [5.41, 5.74) is 0.708. The quantitative estimate of drug-likeness (QED) is 0.484. The lowest BCUT2D eigenvalue weighted by molar-refractivity contribution is -0.130. The van der Waals surface area contributed by atoms with Gasteiger partial charge < -0.3 is 14.7 Å². The summed E-state index contributed by atoms with van der Waals surface area (Å²) in [7, 11) is 0. The van der Waals surface area contributed by atoms with E-state index in [1.54, 1.807) is 23.1 Å². The first-order chi connectivity index (χ1) is 18.0. The normalized spacial score (nSPS) is 24.8. The minimum atomic E-state index is -1.42. The highest BCUT2D eigenvalue weighted by Crippen LogP contribution is 2.51. The van der Waals surface area contributed by atoms with E-state index < -0.39 is 11.4 Å². The molecule has 1 saturated heterocycles. The number of carbonyl (C=O) groups is 1. The van der Waals surface area contributed by atoms with Crippen LogP contribution in [0, 0.1) is 34.9 Å². The molecule has 5 nitrogen and oxygen atoms in total. The molecule has 2 aliphatic rings. The van der Waals surface area contributed by atoms with Gasteiger partial charge in [-0.25, -0.2) is 4.39 Å². The number of rotatable bonds is 7. The zero-order valence-electron chi connectivity index (χ0n) is 20.7. The molecule has 5 rings (SSSR count). The highest BCUT2D eigenvalue weighted by Gasteiger charge is 2.53. The molecule has 0 spiro atoms. The van der Waals surface area contributed by atoms with Crippen molar-refractivity contribution in [3.05, 3.63) is 101 Å². The van der Waals surface area contributed by atoms with Crippen LogP contribution in [0.5, 0.6) is 5.75 Å². The van der Waals surface area contributed by atoms with Crippen LogP contribution in [0.25, 0.3) is 0 Å².